The number of nitrogen functional groups attached to an aromatic ring is 1. The molecular weight excluding hydrogens is 168 g/mol. The predicted molar refractivity (Wildman–Crippen MR) is 52.2 cm³/mol. The highest BCUT2D eigenvalue weighted by molar-refractivity contribution is 5.63. The second-order valence-corrected chi connectivity index (χ2v) is 2.65. The van der Waals surface area contributed by atoms with E-state index in [-0.39, 0.29) is 0 Å². The van der Waals surface area contributed by atoms with Crippen LogP contribution in [0.2, 0.25) is 0 Å². The van der Waals surface area contributed by atoms with E-state index in [9.17, 15) is 5.21 Å². The van der Waals surface area contributed by atoms with Gasteiger partial charge in [0.15, 0.2) is 0 Å². The number of hydrogen-bond donors (Lipinski definition) is 2. The molecule has 0 radical (unpaired) electrons. The monoisotopic (exact) mass is 182 g/mol. The van der Waals surface area contributed by atoms with Gasteiger partial charge in [-0.25, -0.2) is 0 Å². The van der Waals surface area contributed by atoms with Crippen LogP contribution in [-0.4, -0.2) is 18.9 Å². The second-order valence-electron chi connectivity index (χ2n) is 2.65. The quantitative estimate of drug-likeness (QED) is 0.549. The van der Waals surface area contributed by atoms with Gasteiger partial charge >= 0.3 is 0 Å². The lowest BCUT2D eigenvalue weighted by Crippen LogP contribution is -2.17. The summed E-state index contributed by atoms with van der Waals surface area (Å²) < 4.78 is 5.07. The highest BCUT2D eigenvalue weighted by Gasteiger charge is 2.07. The molecule has 0 bridgehead atoms. The van der Waals surface area contributed by atoms with Gasteiger partial charge in [-0.15, -0.1) is 0 Å². The smallest absolute Gasteiger partial charge is 0.144 e. The first-order valence-corrected chi connectivity index (χ1v) is 4.09. The number of hydrogen-bond acceptors (Lipinski definition) is 4. The number of benzene rings is 1. The van der Waals surface area contributed by atoms with Gasteiger partial charge in [-0.1, -0.05) is 0 Å². The number of hydroxylamine groups is 1. The van der Waals surface area contributed by atoms with Gasteiger partial charge in [0.05, 0.1) is 7.11 Å². The zero-order valence-corrected chi connectivity index (χ0v) is 7.82. The molecule has 72 valence electrons. The molecule has 1 aromatic carbocycles. The van der Waals surface area contributed by atoms with Gasteiger partial charge in [-0.2, -0.15) is 0 Å². The van der Waals surface area contributed by atoms with Gasteiger partial charge in [0.1, 0.15) is 11.4 Å². The topological polar surface area (TPSA) is 58.7 Å². The Morgan fingerprint density at radius 3 is 2.77 bits per heavy atom. The molecule has 0 fully saturated rings. The lowest BCUT2D eigenvalue weighted by Gasteiger charge is -2.17. The molecule has 0 aliphatic carbocycles. The summed E-state index contributed by atoms with van der Waals surface area (Å²) >= 11 is 0. The summed E-state index contributed by atoms with van der Waals surface area (Å²) in [4.78, 5) is 0. The van der Waals surface area contributed by atoms with Crippen LogP contribution in [0, 0.1) is 0 Å². The third kappa shape index (κ3) is 2.03. The van der Waals surface area contributed by atoms with E-state index in [0.717, 1.165) is 5.06 Å². The maximum atomic E-state index is 9.46. The Hall–Kier alpha value is -1.42. The fourth-order valence-corrected chi connectivity index (χ4v) is 1.08. The molecule has 1 rings (SSSR count). The maximum absolute atomic E-state index is 9.46. The summed E-state index contributed by atoms with van der Waals surface area (Å²) in [6.45, 7) is 2.32. The van der Waals surface area contributed by atoms with E-state index < -0.39 is 0 Å². The van der Waals surface area contributed by atoms with Crippen molar-refractivity contribution in [2.45, 2.75) is 6.92 Å². The molecule has 0 heterocycles. The highest BCUT2D eigenvalue weighted by atomic mass is 16.5. The lowest BCUT2D eigenvalue weighted by atomic mass is 10.2. The summed E-state index contributed by atoms with van der Waals surface area (Å²) in [5.41, 5.74) is 6.77. The molecule has 0 aliphatic heterocycles. The molecule has 0 amide bonds. The van der Waals surface area contributed by atoms with Gasteiger partial charge in [-0.3, -0.25) is 10.3 Å². The third-order valence-electron chi connectivity index (χ3n) is 1.78. The number of rotatable bonds is 3. The minimum absolute atomic E-state index is 0.486. The Morgan fingerprint density at radius 1 is 1.54 bits per heavy atom. The fraction of sp³-hybridized carbons (Fsp3) is 0.333. The lowest BCUT2D eigenvalue weighted by molar-refractivity contribution is 0.255. The molecule has 1 aromatic rings. The molecule has 0 aliphatic rings. The van der Waals surface area contributed by atoms with Crippen molar-refractivity contribution in [3.8, 4) is 5.75 Å². The predicted octanol–water partition coefficient (Wildman–Crippen LogP) is 1.49. The zero-order chi connectivity index (χ0) is 9.84. The van der Waals surface area contributed by atoms with Gasteiger partial charge in [0, 0.05) is 12.2 Å². The van der Waals surface area contributed by atoms with Gasteiger partial charge < -0.3 is 10.5 Å². The summed E-state index contributed by atoms with van der Waals surface area (Å²) in [5.74, 6) is 0.610. The fourth-order valence-electron chi connectivity index (χ4n) is 1.08. The average Bonchev–Trinajstić information content (AvgIpc) is 2.16. The van der Waals surface area contributed by atoms with Crippen LogP contribution >= 0.6 is 0 Å². The largest absolute Gasteiger partial charge is 0.494 e. The Bertz CT molecular complexity index is 289. The third-order valence-corrected chi connectivity index (χ3v) is 1.78. The molecule has 0 saturated heterocycles. The summed E-state index contributed by atoms with van der Waals surface area (Å²) in [7, 11) is 1.55. The number of ether oxygens (including phenoxy) is 1. The average molecular weight is 182 g/mol. The molecule has 4 heteroatoms. The molecule has 13 heavy (non-hydrogen) atoms. The Labute approximate surface area is 77.5 Å². The Balaban J connectivity index is 3.07. The van der Waals surface area contributed by atoms with Crippen molar-refractivity contribution in [1.29, 1.82) is 0 Å². The standard InChI is InChI=1S/C9H14N2O2/c1-3-11(12)8-6-7(10)4-5-9(8)13-2/h4-6,12H,3,10H2,1-2H3. The molecule has 0 spiro atoms. The first-order chi connectivity index (χ1) is 6.19. The highest BCUT2D eigenvalue weighted by Crippen LogP contribution is 2.28. The van der Waals surface area contributed by atoms with E-state index in [2.05, 4.69) is 0 Å². The summed E-state index contributed by atoms with van der Waals surface area (Å²) in [5, 5.41) is 10.6. The summed E-state index contributed by atoms with van der Waals surface area (Å²) in [6.07, 6.45) is 0. The van der Waals surface area contributed by atoms with Crippen LogP contribution in [-0.2, 0) is 0 Å². The maximum Gasteiger partial charge on any atom is 0.144 e. The minimum Gasteiger partial charge on any atom is -0.494 e. The number of methoxy groups -OCH3 is 1. The van der Waals surface area contributed by atoms with Crippen molar-refractivity contribution >= 4 is 11.4 Å². The zero-order valence-electron chi connectivity index (χ0n) is 7.82. The van der Waals surface area contributed by atoms with Crippen molar-refractivity contribution in [3.05, 3.63) is 18.2 Å². The van der Waals surface area contributed by atoms with E-state index >= 15 is 0 Å². The summed E-state index contributed by atoms with van der Waals surface area (Å²) in [6, 6.07) is 5.12. The minimum atomic E-state index is 0.486. The van der Waals surface area contributed by atoms with E-state index in [4.69, 9.17) is 10.5 Å². The van der Waals surface area contributed by atoms with Crippen molar-refractivity contribution in [2.75, 3.05) is 24.5 Å². The first kappa shape index (κ1) is 9.67. The van der Waals surface area contributed by atoms with Crippen molar-refractivity contribution < 1.29 is 9.94 Å². The first-order valence-electron chi connectivity index (χ1n) is 4.09. The van der Waals surface area contributed by atoms with Crippen LogP contribution in [0.25, 0.3) is 0 Å². The van der Waals surface area contributed by atoms with Crippen LogP contribution < -0.4 is 15.5 Å². The van der Waals surface area contributed by atoms with Crippen LogP contribution in [0.5, 0.6) is 5.75 Å². The van der Waals surface area contributed by atoms with Crippen molar-refractivity contribution in [1.82, 2.24) is 0 Å². The molecule has 0 unspecified atom stereocenters. The normalized spacial score (nSPS) is 9.77. The Morgan fingerprint density at radius 2 is 2.23 bits per heavy atom. The van der Waals surface area contributed by atoms with Gasteiger partial charge in [0.25, 0.3) is 0 Å². The number of nitrogens with two attached hydrogens (primary N) is 1. The van der Waals surface area contributed by atoms with E-state index in [1.807, 2.05) is 6.92 Å². The van der Waals surface area contributed by atoms with Crippen LogP contribution in [0.4, 0.5) is 11.4 Å². The van der Waals surface area contributed by atoms with E-state index in [1.165, 1.54) is 0 Å². The second kappa shape index (κ2) is 4.00. The van der Waals surface area contributed by atoms with Gasteiger partial charge in [0.2, 0.25) is 0 Å². The molecule has 0 saturated carbocycles. The van der Waals surface area contributed by atoms with Crippen LogP contribution in [0.1, 0.15) is 6.92 Å². The van der Waals surface area contributed by atoms with Crippen molar-refractivity contribution in [2.24, 2.45) is 0 Å². The number of anilines is 2. The van der Waals surface area contributed by atoms with Crippen LogP contribution in [0.15, 0.2) is 18.2 Å². The molecule has 4 nitrogen and oxygen atoms in total. The number of nitrogens with zero attached hydrogens (tertiary/aromatic N) is 1. The van der Waals surface area contributed by atoms with Crippen molar-refractivity contribution in [3.63, 3.8) is 0 Å². The Kier molecular flexibility index (Phi) is 2.97. The molecular formula is C9H14N2O2. The molecule has 0 aromatic heterocycles. The molecule has 0 atom stereocenters. The van der Waals surface area contributed by atoms with E-state index in [1.54, 1.807) is 25.3 Å². The van der Waals surface area contributed by atoms with Gasteiger partial charge in [-0.05, 0) is 25.1 Å². The van der Waals surface area contributed by atoms with E-state index in [0.29, 0.717) is 23.7 Å². The van der Waals surface area contributed by atoms with Crippen LogP contribution in [0.3, 0.4) is 0 Å². The SMILES string of the molecule is CCN(O)c1cc(N)ccc1OC. The molecule has 3 N–H and O–H groups in total.